The number of thioether (sulfide) groups is 2. The molecule has 2 aromatic carbocycles. The molecule has 1 saturated heterocycles. The van der Waals surface area contributed by atoms with Crippen LogP contribution >= 0.6 is 46.5 Å². The SMILES string of the molecule is Cc1ccc(N=C2SCCCN2C(=O)CCCSc2nc3ccccc3s2)cc1Cl. The first kappa shape index (κ1) is 21.7. The maximum absolute atomic E-state index is 12.9. The van der Waals surface area contributed by atoms with Crippen molar-refractivity contribution in [1.29, 1.82) is 0 Å². The Morgan fingerprint density at radius 3 is 3.00 bits per heavy atom. The van der Waals surface area contributed by atoms with Crippen molar-refractivity contribution in [3.63, 3.8) is 0 Å². The van der Waals surface area contributed by atoms with Gasteiger partial charge in [-0.25, -0.2) is 9.98 Å². The van der Waals surface area contributed by atoms with E-state index in [1.54, 1.807) is 34.9 Å². The van der Waals surface area contributed by atoms with Crippen LogP contribution in [0.15, 0.2) is 51.8 Å². The normalized spacial score (nSPS) is 15.8. The minimum absolute atomic E-state index is 0.143. The predicted octanol–water partition coefficient (Wildman–Crippen LogP) is 6.78. The highest BCUT2D eigenvalue weighted by Gasteiger charge is 2.23. The van der Waals surface area contributed by atoms with Gasteiger partial charge in [-0.05, 0) is 49.6 Å². The molecule has 0 saturated carbocycles. The lowest BCUT2D eigenvalue weighted by atomic mass is 10.2. The molecule has 2 heterocycles. The summed E-state index contributed by atoms with van der Waals surface area (Å²) in [5.41, 5.74) is 2.86. The van der Waals surface area contributed by atoms with Crippen LogP contribution in [0.2, 0.25) is 5.02 Å². The molecule has 1 amide bonds. The van der Waals surface area contributed by atoms with Gasteiger partial charge in [-0.2, -0.15) is 0 Å². The van der Waals surface area contributed by atoms with Crippen LogP contribution in [0, 0.1) is 6.92 Å². The van der Waals surface area contributed by atoms with Crippen LogP contribution in [0.3, 0.4) is 0 Å². The van der Waals surface area contributed by atoms with Crippen molar-refractivity contribution in [2.24, 2.45) is 4.99 Å². The van der Waals surface area contributed by atoms with Gasteiger partial charge in [0.1, 0.15) is 0 Å². The Morgan fingerprint density at radius 2 is 2.17 bits per heavy atom. The fraction of sp³-hybridized carbons (Fsp3) is 0.318. The van der Waals surface area contributed by atoms with Crippen molar-refractivity contribution in [2.45, 2.75) is 30.5 Å². The van der Waals surface area contributed by atoms with Gasteiger partial charge in [0, 0.05) is 29.5 Å². The third kappa shape index (κ3) is 5.38. The Morgan fingerprint density at radius 1 is 1.30 bits per heavy atom. The van der Waals surface area contributed by atoms with E-state index in [-0.39, 0.29) is 5.91 Å². The number of hydrogen-bond donors (Lipinski definition) is 0. The van der Waals surface area contributed by atoms with E-state index in [2.05, 4.69) is 11.1 Å². The first-order chi connectivity index (χ1) is 14.6. The molecule has 1 aliphatic heterocycles. The smallest absolute Gasteiger partial charge is 0.228 e. The number of aryl methyl sites for hydroxylation is 1. The molecule has 0 radical (unpaired) electrons. The Labute approximate surface area is 194 Å². The molecule has 4 rings (SSSR count). The van der Waals surface area contributed by atoms with Crippen LogP contribution in [-0.2, 0) is 4.79 Å². The maximum atomic E-state index is 12.9. The minimum Gasteiger partial charge on any atom is -0.291 e. The van der Waals surface area contributed by atoms with Crippen molar-refractivity contribution >= 4 is 73.4 Å². The molecular formula is C22H22ClN3OS3. The Balaban J connectivity index is 1.33. The quantitative estimate of drug-likeness (QED) is 0.291. The van der Waals surface area contributed by atoms with E-state index in [0.717, 1.165) is 57.2 Å². The van der Waals surface area contributed by atoms with Gasteiger partial charge in [0.25, 0.3) is 0 Å². The highest BCUT2D eigenvalue weighted by atomic mass is 35.5. The molecule has 0 unspecified atom stereocenters. The average molecular weight is 476 g/mol. The first-order valence-corrected chi connectivity index (χ1v) is 13.0. The fourth-order valence-electron chi connectivity index (χ4n) is 3.08. The van der Waals surface area contributed by atoms with Crippen LogP contribution < -0.4 is 0 Å². The molecule has 8 heteroatoms. The van der Waals surface area contributed by atoms with Gasteiger partial charge in [-0.3, -0.25) is 9.69 Å². The third-order valence-corrected chi connectivity index (χ3v) is 8.44. The highest BCUT2D eigenvalue weighted by Crippen LogP contribution is 2.30. The van der Waals surface area contributed by atoms with E-state index in [1.807, 2.05) is 48.2 Å². The molecule has 0 N–H and O–H groups in total. The predicted molar refractivity (Wildman–Crippen MR) is 132 cm³/mol. The number of amidine groups is 1. The molecule has 156 valence electrons. The molecule has 1 fully saturated rings. The average Bonchev–Trinajstić information content (AvgIpc) is 3.17. The molecule has 0 bridgehead atoms. The van der Waals surface area contributed by atoms with Crippen LogP contribution in [-0.4, -0.2) is 39.0 Å². The van der Waals surface area contributed by atoms with Gasteiger partial charge in [0.05, 0.1) is 15.9 Å². The number of halogens is 1. The molecule has 1 aliphatic rings. The Kier molecular flexibility index (Phi) is 7.36. The van der Waals surface area contributed by atoms with Crippen LogP contribution in [0.25, 0.3) is 10.2 Å². The summed E-state index contributed by atoms with van der Waals surface area (Å²) in [5, 5.41) is 1.48. The van der Waals surface area contributed by atoms with Crippen molar-refractivity contribution in [3.8, 4) is 0 Å². The van der Waals surface area contributed by atoms with Gasteiger partial charge in [-0.15, -0.1) is 11.3 Å². The number of aromatic nitrogens is 1. The zero-order valence-electron chi connectivity index (χ0n) is 16.6. The van der Waals surface area contributed by atoms with Crippen LogP contribution in [0.5, 0.6) is 0 Å². The summed E-state index contributed by atoms with van der Waals surface area (Å²) in [6.07, 6.45) is 2.33. The van der Waals surface area contributed by atoms with Crippen molar-refractivity contribution in [1.82, 2.24) is 9.88 Å². The standard InChI is InChI=1S/C22H22ClN3OS3/c1-15-9-10-16(14-17(15)23)24-21-26(11-5-13-28-21)20(27)8-4-12-29-22-25-18-6-2-3-7-19(18)30-22/h2-3,6-7,9-10,14H,4-5,8,11-13H2,1H3. The summed E-state index contributed by atoms with van der Waals surface area (Å²) in [5.74, 6) is 2.01. The number of nitrogens with zero attached hydrogens (tertiary/aromatic N) is 3. The maximum Gasteiger partial charge on any atom is 0.228 e. The molecular weight excluding hydrogens is 454 g/mol. The number of aliphatic imine (C=N–C) groups is 1. The number of carbonyl (C=O) groups is 1. The number of amides is 1. The summed E-state index contributed by atoms with van der Waals surface area (Å²) >= 11 is 11.3. The summed E-state index contributed by atoms with van der Waals surface area (Å²) in [6, 6.07) is 13.9. The van der Waals surface area contributed by atoms with Gasteiger partial charge in [0.15, 0.2) is 9.51 Å². The van der Waals surface area contributed by atoms with E-state index in [1.165, 1.54) is 4.70 Å². The Bertz CT molecular complexity index is 1050. The third-order valence-electron chi connectivity index (χ3n) is 4.70. The number of thiazole rings is 1. The fourth-order valence-corrected chi connectivity index (χ4v) is 6.30. The van der Waals surface area contributed by atoms with E-state index in [9.17, 15) is 4.79 Å². The lowest BCUT2D eigenvalue weighted by Crippen LogP contribution is -2.39. The summed E-state index contributed by atoms with van der Waals surface area (Å²) in [6.45, 7) is 2.70. The minimum atomic E-state index is 0.143. The summed E-state index contributed by atoms with van der Waals surface area (Å²) < 4.78 is 2.27. The number of fused-ring (bicyclic) bond motifs is 1. The van der Waals surface area contributed by atoms with Crippen molar-refractivity contribution < 1.29 is 4.79 Å². The molecule has 0 spiro atoms. The van der Waals surface area contributed by atoms with E-state index >= 15 is 0 Å². The topological polar surface area (TPSA) is 45.6 Å². The number of para-hydroxylation sites is 1. The van der Waals surface area contributed by atoms with E-state index in [4.69, 9.17) is 16.6 Å². The lowest BCUT2D eigenvalue weighted by Gasteiger charge is -2.27. The van der Waals surface area contributed by atoms with Gasteiger partial charge >= 0.3 is 0 Å². The van der Waals surface area contributed by atoms with Crippen molar-refractivity contribution in [2.75, 3.05) is 18.1 Å². The van der Waals surface area contributed by atoms with Crippen LogP contribution in [0.1, 0.15) is 24.8 Å². The summed E-state index contributed by atoms with van der Waals surface area (Å²) in [4.78, 5) is 24.0. The summed E-state index contributed by atoms with van der Waals surface area (Å²) in [7, 11) is 0. The lowest BCUT2D eigenvalue weighted by molar-refractivity contribution is -0.127. The van der Waals surface area contributed by atoms with Crippen molar-refractivity contribution in [3.05, 3.63) is 53.1 Å². The number of hydrogen-bond acceptors (Lipinski definition) is 6. The van der Waals surface area contributed by atoms with Gasteiger partial charge in [-0.1, -0.05) is 53.3 Å². The second-order valence-corrected chi connectivity index (χ2v) is 10.8. The second-order valence-electron chi connectivity index (χ2n) is 6.97. The first-order valence-electron chi connectivity index (χ1n) is 9.86. The second kappa shape index (κ2) is 10.2. The molecule has 4 nitrogen and oxygen atoms in total. The zero-order chi connectivity index (χ0) is 20.9. The van der Waals surface area contributed by atoms with E-state index in [0.29, 0.717) is 11.4 Å². The van der Waals surface area contributed by atoms with Crippen LogP contribution in [0.4, 0.5) is 5.69 Å². The Hall–Kier alpha value is -1.54. The number of benzene rings is 2. The molecule has 0 atom stereocenters. The van der Waals surface area contributed by atoms with Gasteiger partial charge < -0.3 is 0 Å². The largest absolute Gasteiger partial charge is 0.291 e. The monoisotopic (exact) mass is 475 g/mol. The zero-order valence-corrected chi connectivity index (χ0v) is 19.8. The number of rotatable bonds is 6. The highest BCUT2D eigenvalue weighted by molar-refractivity contribution is 8.13. The molecule has 30 heavy (non-hydrogen) atoms. The molecule has 3 aromatic rings. The van der Waals surface area contributed by atoms with E-state index < -0.39 is 0 Å². The molecule has 1 aromatic heterocycles. The number of carbonyl (C=O) groups excluding carboxylic acids is 1. The van der Waals surface area contributed by atoms with Gasteiger partial charge in [0.2, 0.25) is 5.91 Å². The molecule has 0 aliphatic carbocycles.